The molecule has 2 saturated heterocycles. The second-order valence-corrected chi connectivity index (χ2v) is 9.81. The molecule has 1 unspecified atom stereocenters. The summed E-state index contributed by atoms with van der Waals surface area (Å²) in [5.74, 6) is -0.300. The van der Waals surface area contributed by atoms with Crippen LogP contribution in [0.4, 0.5) is 8.78 Å². The van der Waals surface area contributed by atoms with Crippen molar-refractivity contribution >= 4 is 34.3 Å². The van der Waals surface area contributed by atoms with Gasteiger partial charge in [0.2, 0.25) is 5.91 Å². The van der Waals surface area contributed by atoms with E-state index in [0.717, 1.165) is 65.1 Å². The van der Waals surface area contributed by atoms with Crippen LogP contribution in [0.15, 0.2) is 18.2 Å². The van der Waals surface area contributed by atoms with Gasteiger partial charge in [-0.15, -0.1) is 0 Å². The fourth-order valence-electron chi connectivity index (χ4n) is 5.19. The van der Waals surface area contributed by atoms with Gasteiger partial charge < -0.3 is 10.2 Å². The van der Waals surface area contributed by atoms with E-state index in [2.05, 4.69) is 27.1 Å². The summed E-state index contributed by atoms with van der Waals surface area (Å²) in [7, 11) is 0. The number of piperazine rings is 1. The number of amides is 2. The fraction of sp³-hybridized carbons (Fsp3) is 0.625. The SMILES string of the molecule is CC[C@@H]1CC(NC(=O)c2nn(C(F)F)c3cc(Cl)ccc23)CCN1CCN1CCN(C(C)=O)CC1. The third-order valence-corrected chi connectivity index (χ3v) is 7.47. The normalized spacial score (nSPS) is 22.2. The molecule has 8 nitrogen and oxygen atoms in total. The Labute approximate surface area is 209 Å². The van der Waals surface area contributed by atoms with E-state index >= 15 is 0 Å². The van der Waals surface area contributed by atoms with Crippen molar-refractivity contribution in [2.75, 3.05) is 45.8 Å². The molecule has 2 fully saturated rings. The molecule has 3 heterocycles. The highest BCUT2D eigenvalue weighted by molar-refractivity contribution is 6.31. The lowest BCUT2D eigenvalue weighted by atomic mass is 9.95. The summed E-state index contributed by atoms with van der Waals surface area (Å²) in [6, 6.07) is 4.83. The molecule has 35 heavy (non-hydrogen) atoms. The summed E-state index contributed by atoms with van der Waals surface area (Å²) < 4.78 is 27.5. The van der Waals surface area contributed by atoms with Gasteiger partial charge in [0.25, 0.3) is 5.91 Å². The van der Waals surface area contributed by atoms with E-state index in [-0.39, 0.29) is 23.2 Å². The van der Waals surface area contributed by atoms with Crippen LogP contribution in [0.2, 0.25) is 5.02 Å². The molecule has 192 valence electrons. The second-order valence-electron chi connectivity index (χ2n) is 9.37. The number of rotatable bonds is 7. The summed E-state index contributed by atoms with van der Waals surface area (Å²) in [6.45, 7) is 7.02. The Morgan fingerprint density at radius 3 is 2.57 bits per heavy atom. The highest BCUT2D eigenvalue weighted by Gasteiger charge is 2.30. The van der Waals surface area contributed by atoms with Crippen LogP contribution in [0.1, 0.15) is 50.1 Å². The molecule has 0 saturated carbocycles. The molecule has 0 spiro atoms. The van der Waals surface area contributed by atoms with Crippen LogP contribution in [-0.4, -0.2) is 94.2 Å². The summed E-state index contributed by atoms with van der Waals surface area (Å²) in [6.07, 6.45) is 2.56. The van der Waals surface area contributed by atoms with Gasteiger partial charge in [-0.25, -0.2) is 4.68 Å². The summed E-state index contributed by atoms with van der Waals surface area (Å²) in [4.78, 5) is 31.3. The zero-order chi connectivity index (χ0) is 25.1. The maximum Gasteiger partial charge on any atom is 0.333 e. The van der Waals surface area contributed by atoms with Crippen molar-refractivity contribution in [1.29, 1.82) is 0 Å². The Kier molecular flexibility index (Phi) is 8.23. The van der Waals surface area contributed by atoms with Crippen molar-refractivity contribution in [3.05, 3.63) is 28.9 Å². The molecule has 0 aliphatic carbocycles. The summed E-state index contributed by atoms with van der Waals surface area (Å²) >= 11 is 5.97. The Bertz CT molecular complexity index is 1060. The first-order chi connectivity index (χ1) is 16.8. The van der Waals surface area contributed by atoms with Crippen LogP contribution in [0, 0.1) is 0 Å². The number of nitrogens with zero attached hydrogens (tertiary/aromatic N) is 5. The Balaban J connectivity index is 1.33. The minimum absolute atomic E-state index is 0.00264. The smallest absolute Gasteiger partial charge is 0.333 e. The van der Waals surface area contributed by atoms with Gasteiger partial charge >= 0.3 is 6.55 Å². The molecule has 1 N–H and O–H groups in total. The molecule has 2 aliphatic heterocycles. The first-order valence-electron chi connectivity index (χ1n) is 12.3. The van der Waals surface area contributed by atoms with Crippen molar-refractivity contribution in [1.82, 2.24) is 29.8 Å². The van der Waals surface area contributed by atoms with Crippen LogP contribution in [0.25, 0.3) is 10.9 Å². The van der Waals surface area contributed by atoms with Crippen LogP contribution in [0.3, 0.4) is 0 Å². The van der Waals surface area contributed by atoms with Gasteiger partial charge in [-0.2, -0.15) is 13.9 Å². The first kappa shape index (κ1) is 25.8. The number of alkyl halides is 2. The largest absolute Gasteiger partial charge is 0.348 e. The number of aromatic nitrogens is 2. The maximum atomic E-state index is 13.5. The molecule has 2 aromatic rings. The van der Waals surface area contributed by atoms with Gasteiger partial charge in [0, 0.05) is 75.2 Å². The van der Waals surface area contributed by atoms with Crippen LogP contribution in [-0.2, 0) is 4.79 Å². The third-order valence-electron chi connectivity index (χ3n) is 7.23. The second kappa shape index (κ2) is 11.2. The third kappa shape index (κ3) is 5.92. The van der Waals surface area contributed by atoms with Crippen LogP contribution in [0.5, 0.6) is 0 Å². The maximum absolute atomic E-state index is 13.5. The number of hydrogen-bond donors (Lipinski definition) is 1. The first-order valence-corrected chi connectivity index (χ1v) is 12.6. The van der Waals surface area contributed by atoms with Crippen molar-refractivity contribution in [3.63, 3.8) is 0 Å². The number of carbonyl (C=O) groups is 2. The minimum atomic E-state index is -2.87. The van der Waals surface area contributed by atoms with E-state index in [1.54, 1.807) is 19.1 Å². The molecular formula is C24H33ClF2N6O2. The molecule has 0 radical (unpaired) electrons. The number of hydrogen-bond acceptors (Lipinski definition) is 5. The van der Waals surface area contributed by atoms with Gasteiger partial charge in [0.05, 0.1) is 5.52 Å². The zero-order valence-corrected chi connectivity index (χ0v) is 21.0. The van der Waals surface area contributed by atoms with E-state index in [1.165, 1.54) is 6.07 Å². The number of halogens is 3. The van der Waals surface area contributed by atoms with Crippen molar-refractivity contribution in [2.45, 2.75) is 51.7 Å². The molecule has 2 atom stereocenters. The highest BCUT2D eigenvalue weighted by atomic mass is 35.5. The predicted octanol–water partition coefficient (Wildman–Crippen LogP) is 3.22. The number of piperidine rings is 1. The zero-order valence-electron chi connectivity index (χ0n) is 20.2. The molecule has 1 aromatic carbocycles. The quantitative estimate of drug-likeness (QED) is 0.619. The standard InChI is InChI=1S/C24H33ClF2N6O2/c1-3-19-15-18(6-7-32(19)13-10-30-8-11-31(12-9-30)16(2)34)28-23(35)22-20-5-4-17(25)14-21(20)33(29-22)24(26)27/h4-5,14,18-19,24H,3,6-13,15H2,1-2H3,(H,28,35)/t18?,19-/m1/s1. The lowest BCUT2D eigenvalue weighted by Crippen LogP contribution is -2.53. The summed E-state index contributed by atoms with van der Waals surface area (Å²) in [5.41, 5.74) is 0.139. The molecule has 2 aliphatic rings. The van der Waals surface area contributed by atoms with Crippen molar-refractivity contribution < 1.29 is 18.4 Å². The molecule has 1 aromatic heterocycles. The van der Waals surface area contributed by atoms with Gasteiger partial charge in [0.15, 0.2) is 5.69 Å². The van der Waals surface area contributed by atoms with E-state index in [1.807, 2.05) is 4.90 Å². The van der Waals surface area contributed by atoms with E-state index in [9.17, 15) is 18.4 Å². The van der Waals surface area contributed by atoms with Crippen molar-refractivity contribution in [3.8, 4) is 0 Å². The lowest BCUT2D eigenvalue weighted by molar-refractivity contribution is -0.130. The average molecular weight is 511 g/mol. The Morgan fingerprint density at radius 1 is 1.17 bits per heavy atom. The molecule has 4 rings (SSSR count). The van der Waals surface area contributed by atoms with Gasteiger partial charge in [-0.1, -0.05) is 18.5 Å². The molecule has 0 bridgehead atoms. The van der Waals surface area contributed by atoms with Crippen molar-refractivity contribution in [2.24, 2.45) is 0 Å². The van der Waals surface area contributed by atoms with Gasteiger partial charge in [-0.05, 0) is 37.5 Å². The highest BCUT2D eigenvalue weighted by Crippen LogP contribution is 2.27. The fourth-order valence-corrected chi connectivity index (χ4v) is 5.35. The average Bonchev–Trinajstić information content (AvgIpc) is 3.22. The van der Waals surface area contributed by atoms with E-state index in [0.29, 0.717) is 21.1 Å². The van der Waals surface area contributed by atoms with Crippen LogP contribution < -0.4 is 5.32 Å². The van der Waals surface area contributed by atoms with Gasteiger partial charge in [0.1, 0.15) is 0 Å². The monoisotopic (exact) mass is 510 g/mol. The number of fused-ring (bicyclic) bond motifs is 1. The van der Waals surface area contributed by atoms with Crippen LogP contribution >= 0.6 is 11.6 Å². The van der Waals surface area contributed by atoms with Gasteiger partial charge in [-0.3, -0.25) is 19.4 Å². The van der Waals surface area contributed by atoms with E-state index in [4.69, 9.17) is 11.6 Å². The Morgan fingerprint density at radius 2 is 1.91 bits per heavy atom. The van der Waals surface area contributed by atoms with E-state index < -0.39 is 12.5 Å². The lowest BCUT2D eigenvalue weighted by Gasteiger charge is -2.41. The number of carbonyl (C=O) groups excluding carboxylic acids is 2. The molecule has 2 amide bonds. The number of benzene rings is 1. The predicted molar refractivity (Wildman–Crippen MR) is 131 cm³/mol. The number of likely N-dealkylation sites (tertiary alicyclic amines) is 1. The molecule has 11 heteroatoms. The number of nitrogens with one attached hydrogen (secondary N) is 1. The minimum Gasteiger partial charge on any atom is -0.348 e. The Hall–Kier alpha value is -2.30. The molecular weight excluding hydrogens is 478 g/mol. The summed E-state index contributed by atoms with van der Waals surface area (Å²) in [5, 5.41) is 7.61. The topological polar surface area (TPSA) is 73.7 Å².